The molecule has 2 aromatic rings. The smallest absolute Gasteiger partial charge is 0.279 e. The van der Waals surface area contributed by atoms with Crippen molar-refractivity contribution < 1.29 is 8.42 Å². The highest BCUT2D eigenvalue weighted by atomic mass is 32.2. The highest BCUT2D eigenvalue weighted by molar-refractivity contribution is 7.87. The number of benzene rings is 1. The van der Waals surface area contributed by atoms with E-state index >= 15 is 0 Å². The summed E-state index contributed by atoms with van der Waals surface area (Å²) in [5, 5.41) is 1.25. The minimum Gasteiger partial charge on any atom is -0.361 e. The van der Waals surface area contributed by atoms with Gasteiger partial charge in [0.25, 0.3) is 10.2 Å². The van der Waals surface area contributed by atoms with Gasteiger partial charge in [-0.1, -0.05) is 18.2 Å². The van der Waals surface area contributed by atoms with Gasteiger partial charge < -0.3 is 4.98 Å². The van der Waals surface area contributed by atoms with Gasteiger partial charge in [0.2, 0.25) is 0 Å². The minimum absolute atomic E-state index is 0.425. The van der Waals surface area contributed by atoms with E-state index in [1.54, 1.807) is 0 Å². The van der Waals surface area contributed by atoms with E-state index in [-0.39, 0.29) is 0 Å². The Labute approximate surface area is 119 Å². The number of nitrogens with zero attached hydrogens (tertiary/aromatic N) is 1. The van der Waals surface area contributed by atoms with Gasteiger partial charge in [-0.15, -0.1) is 0 Å². The first-order valence-electron chi connectivity index (χ1n) is 6.86. The van der Waals surface area contributed by atoms with Crippen molar-refractivity contribution in [1.82, 2.24) is 14.0 Å². The third-order valence-electron chi connectivity index (χ3n) is 4.11. The highest BCUT2D eigenvalue weighted by Crippen LogP contribution is 2.33. The number of H-pyrrole nitrogens is 1. The van der Waals surface area contributed by atoms with Gasteiger partial charge in [-0.25, -0.2) is 4.72 Å². The van der Waals surface area contributed by atoms with Gasteiger partial charge in [0.1, 0.15) is 0 Å². The van der Waals surface area contributed by atoms with Crippen LogP contribution in [0, 0.1) is 0 Å². The third kappa shape index (κ3) is 2.34. The van der Waals surface area contributed by atoms with Crippen molar-refractivity contribution in [2.45, 2.75) is 18.8 Å². The number of piperidine rings is 1. The van der Waals surface area contributed by atoms with Gasteiger partial charge in [-0.05, 0) is 30.4 Å². The molecule has 0 saturated carbocycles. The average molecular weight is 293 g/mol. The zero-order valence-corrected chi connectivity index (χ0v) is 12.3. The number of aromatic nitrogens is 1. The Balaban J connectivity index is 1.79. The van der Waals surface area contributed by atoms with Gasteiger partial charge in [0.05, 0.1) is 0 Å². The molecule has 1 fully saturated rings. The fourth-order valence-corrected chi connectivity index (χ4v) is 3.92. The van der Waals surface area contributed by atoms with E-state index < -0.39 is 10.2 Å². The lowest BCUT2D eigenvalue weighted by atomic mass is 9.90. The largest absolute Gasteiger partial charge is 0.361 e. The molecule has 2 heterocycles. The number of hydrogen-bond donors (Lipinski definition) is 2. The molecule has 1 aromatic heterocycles. The predicted molar refractivity (Wildman–Crippen MR) is 79.8 cm³/mol. The zero-order chi connectivity index (χ0) is 14.2. The SMILES string of the molecule is CNS(=O)(=O)N1CCC(c2c[nH]c3ccccc23)CC1. The fourth-order valence-electron chi connectivity index (χ4n) is 2.97. The predicted octanol–water partition coefficient (Wildman–Crippen LogP) is 1.81. The van der Waals surface area contributed by atoms with Crippen LogP contribution in [-0.4, -0.2) is 37.8 Å². The molecule has 6 heteroatoms. The number of aromatic amines is 1. The molecule has 1 saturated heterocycles. The molecule has 20 heavy (non-hydrogen) atoms. The number of hydrogen-bond acceptors (Lipinski definition) is 2. The van der Waals surface area contributed by atoms with Crippen LogP contribution in [0.5, 0.6) is 0 Å². The van der Waals surface area contributed by atoms with Crippen LogP contribution >= 0.6 is 0 Å². The van der Waals surface area contributed by atoms with Crippen LogP contribution in [0.2, 0.25) is 0 Å². The van der Waals surface area contributed by atoms with Crippen molar-refractivity contribution in [3.8, 4) is 0 Å². The summed E-state index contributed by atoms with van der Waals surface area (Å²) in [5.74, 6) is 0.425. The Morgan fingerprint density at radius 2 is 1.95 bits per heavy atom. The standard InChI is InChI=1S/C14H19N3O2S/c1-15-20(18,19)17-8-6-11(7-9-17)13-10-16-14-5-3-2-4-12(13)14/h2-5,10-11,15-16H,6-9H2,1H3. The van der Waals surface area contributed by atoms with Crippen molar-refractivity contribution in [3.05, 3.63) is 36.0 Å². The van der Waals surface area contributed by atoms with E-state index in [1.165, 1.54) is 22.3 Å². The lowest BCUT2D eigenvalue weighted by molar-refractivity contribution is 0.317. The summed E-state index contributed by atoms with van der Waals surface area (Å²) in [6.07, 6.45) is 3.79. The van der Waals surface area contributed by atoms with Gasteiger partial charge in [0, 0.05) is 37.2 Å². The molecule has 2 N–H and O–H groups in total. The molecule has 5 nitrogen and oxygen atoms in total. The Bertz CT molecular complexity index is 700. The van der Waals surface area contributed by atoms with Gasteiger partial charge in [0.15, 0.2) is 0 Å². The Morgan fingerprint density at radius 3 is 2.65 bits per heavy atom. The zero-order valence-electron chi connectivity index (χ0n) is 11.5. The highest BCUT2D eigenvalue weighted by Gasteiger charge is 2.28. The first-order chi connectivity index (χ1) is 9.62. The first-order valence-corrected chi connectivity index (χ1v) is 8.30. The molecule has 3 rings (SSSR count). The lowest BCUT2D eigenvalue weighted by Gasteiger charge is -2.30. The van der Waals surface area contributed by atoms with Crippen molar-refractivity contribution in [2.75, 3.05) is 20.1 Å². The molecule has 108 valence electrons. The molecule has 0 amide bonds. The normalized spacial score (nSPS) is 18.6. The van der Waals surface area contributed by atoms with E-state index in [1.807, 2.05) is 12.1 Å². The van der Waals surface area contributed by atoms with Gasteiger partial charge in [-0.2, -0.15) is 12.7 Å². The molecule has 1 aliphatic heterocycles. The quantitative estimate of drug-likeness (QED) is 0.906. The molecule has 0 bridgehead atoms. The number of nitrogens with one attached hydrogen (secondary N) is 2. The molecular weight excluding hydrogens is 274 g/mol. The Hall–Kier alpha value is -1.37. The first kappa shape index (κ1) is 13.6. The summed E-state index contributed by atoms with van der Waals surface area (Å²) in [4.78, 5) is 3.29. The van der Waals surface area contributed by atoms with Crippen molar-refractivity contribution >= 4 is 21.1 Å². The minimum atomic E-state index is -3.28. The van der Waals surface area contributed by atoms with Crippen LogP contribution in [-0.2, 0) is 10.2 Å². The topological polar surface area (TPSA) is 65.2 Å². The molecule has 1 aliphatic rings. The van der Waals surface area contributed by atoms with Crippen LogP contribution in [0.15, 0.2) is 30.5 Å². The van der Waals surface area contributed by atoms with Crippen molar-refractivity contribution in [3.63, 3.8) is 0 Å². The number of para-hydroxylation sites is 1. The average Bonchev–Trinajstić information content (AvgIpc) is 2.91. The molecule has 0 unspecified atom stereocenters. The van der Waals surface area contributed by atoms with E-state index in [0.717, 1.165) is 18.4 Å². The molecule has 1 aromatic carbocycles. The summed E-state index contributed by atoms with van der Waals surface area (Å²) >= 11 is 0. The summed E-state index contributed by atoms with van der Waals surface area (Å²) in [5.41, 5.74) is 2.45. The van der Waals surface area contributed by atoms with Crippen molar-refractivity contribution in [1.29, 1.82) is 0 Å². The van der Waals surface area contributed by atoms with Crippen LogP contribution in [0.1, 0.15) is 24.3 Å². The maximum absolute atomic E-state index is 11.8. The van der Waals surface area contributed by atoms with Crippen LogP contribution in [0.3, 0.4) is 0 Å². The monoisotopic (exact) mass is 293 g/mol. The molecule has 0 spiro atoms. The maximum atomic E-state index is 11.8. The van der Waals surface area contributed by atoms with E-state index in [4.69, 9.17) is 0 Å². The summed E-state index contributed by atoms with van der Waals surface area (Å²) < 4.78 is 27.4. The third-order valence-corrected chi connectivity index (χ3v) is 5.67. The summed E-state index contributed by atoms with van der Waals surface area (Å²) in [7, 11) is -1.82. The number of fused-ring (bicyclic) bond motifs is 1. The van der Waals surface area contributed by atoms with Crippen LogP contribution in [0.4, 0.5) is 0 Å². The second kappa shape index (κ2) is 5.20. The van der Waals surface area contributed by atoms with Crippen LogP contribution < -0.4 is 4.72 Å². The molecule has 0 aliphatic carbocycles. The van der Waals surface area contributed by atoms with E-state index in [0.29, 0.717) is 19.0 Å². The van der Waals surface area contributed by atoms with E-state index in [2.05, 4.69) is 28.0 Å². The van der Waals surface area contributed by atoms with Gasteiger partial charge in [-0.3, -0.25) is 0 Å². The van der Waals surface area contributed by atoms with Gasteiger partial charge >= 0.3 is 0 Å². The van der Waals surface area contributed by atoms with E-state index in [9.17, 15) is 8.42 Å². The summed E-state index contributed by atoms with van der Waals surface area (Å²) in [6, 6.07) is 8.25. The Morgan fingerprint density at radius 1 is 1.25 bits per heavy atom. The molecule has 0 radical (unpaired) electrons. The van der Waals surface area contributed by atoms with Crippen molar-refractivity contribution in [2.24, 2.45) is 0 Å². The van der Waals surface area contributed by atoms with Crippen LogP contribution in [0.25, 0.3) is 10.9 Å². The second-order valence-corrected chi connectivity index (χ2v) is 7.05. The molecule has 0 atom stereocenters. The Kier molecular flexibility index (Phi) is 3.54. The second-order valence-electron chi connectivity index (χ2n) is 5.17. The number of rotatable bonds is 3. The summed E-state index contributed by atoms with van der Waals surface area (Å²) in [6.45, 7) is 1.15. The fraction of sp³-hybridized carbons (Fsp3) is 0.429. The molecular formula is C14H19N3O2S. The lowest BCUT2D eigenvalue weighted by Crippen LogP contribution is -2.43. The maximum Gasteiger partial charge on any atom is 0.279 e.